The van der Waals surface area contributed by atoms with E-state index in [-0.39, 0.29) is 0 Å². The van der Waals surface area contributed by atoms with Crippen molar-refractivity contribution in [2.24, 2.45) is 11.3 Å². The second-order valence-electron chi connectivity index (χ2n) is 5.94. The van der Waals surface area contributed by atoms with Gasteiger partial charge in [-0.15, -0.1) is 0 Å². The molecule has 0 aliphatic carbocycles. The lowest BCUT2D eigenvalue weighted by Gasteiger charge is -2.18. The first-order chi connectivity index (χ1) is 7.22. The number of carbonyl (C=O) groups is 1. The van der Waals surface area contributed by atoms with E-state index in [0.29, 0.717) is 18.3 Å². The van der Waals surface area contributed by atoms with Crippen LogP contribution in [-0.2, 0) is 4.79 Å². The third-order valence-corrected chi connectivity index (χ3v) is 2.76. The van der Waals surface area contributed by atoms with Gasteiger partial charge in [0.1, 0.15) is 0 Å². The molecule has 96 valence electrons. The lowest BCUT2D eigenvalue weighted by molar-refractivity contribution is -0.142. The van der Waals surface area contributed by atoms with Gasteiger partial charge in [-0.25, -0.2) is 0 Å². The number of aliphatic hydroxyl groups excluding tert-OH is 1. The highest BCUT2D eigenvalue weighted by Crippen LogP contribution is 2.23. The van der Waals surface area contributed by atoms with Crippen molar-refractivity contribution in [3.63, 3.8) is 0 Å². The highest BCUT2D eigenvalue weighted by molar-refractivity contribution is 5.69. The van der Waals surface area contributed by atoms with Crippen molar-refractivity contribution in [3.8, 4) is 0 Å². The molecular formula is C13H26O3. The van der Waals surface area contributed by atoms with Crippen LogP contribution in [0.3, 0.4) is 0 Å². The summed E-state index contributed by atoms with van der Waals surface area (Å²) in [5, 5.41) is 18.3. The minimum Gasteiger partial charge on any atom is -0.481 e. The van der Waals surface area contributed by atoms with Gasteiger partial charge < -0.3 is 10.2 Å². The number of aliphatic carboxylic acids is 1. The third-order valence-electron chi connectivity index (χ3n) is 2.76. The summed E-state index contributed by atoms with van der Waals surface area (Å²) in [6.07, 6.45) is 3.84. The van der Waals surface area contributed by atoms with Gasteiger partial charge in [-0.3, -0.25) is 4.79 Å². The number of carboxylic acids is 1. The van der Waals surface area contributed by atoms with E-state index in [1.54, 1.807) is 6.92 Å². The molecule has 3 nitrogen and oxygen atoms in total. The van der Waals surface area contributed by atoms with Gasteiger partial charge in [-0.1, -0.05) is 40.5 Å². The van der Waals surface area contributed by atoms with E-state index in [2.05, 4.69) is 20.8 Å². The summed E-state index contributed by atoms with van der Waals surface area (Å²) in [6, 6.07) is 0. The Hall–Kier alpha value is -0.570. The summed E-state index contributed by atoms with van der Waals surface area (Å²) in [6.45, 7) is 8.25. The zero-order valence-electron chi connectivity index (χ0n) is 11.0. The summed E-state index contributed by atoms with van der Waals surface area (Å²) in [5.74, 6) is -1.27. The van der Waals surface area contributed by atoms with Crippen molar-refractivity contribution >= 4 is 5.97 Å². The Balaban J connectivity index is 3.59. The average molecular weight is 230 g/mol. The minimum atomic E-state index is -0.825. The van der Waals surface area contributed by atoms with Crippen LogP contribution in [0.4, 0.5) is 0 Å². The summed E-state index contributed by atoms with van der Waals surface area (Å²) in [7, 11) is 0. The lowest BCUT2D eigenvalue weighted by atomic mass is 9.89. The van der Waals surface area contributed by atoms with E-state index < -0.39 is 18.0 Å². The maximum Gasteiger partial charge on any atom is 0.306 e. The molecule has 0 bridgehead atoms. The van der Waals surface area contributed by atoms with Gasteiger partial charge >= 0.3 is 5.97 Å². The molecule has 2 atom stereocenters. The molecule has 2 N–H and O–H groups in total. The van der Waals surface area contributed by atoms with E-state index in [1.165, 1.54) is 0 Å². The second kappa shape index (κ2) is 6.89. The third kappa shape index (κ3) is 8.72. The molecule has 0 fully saturated rings. The standard InChI is InChI=1S/C13H26O3/c1-10(12(15)16)9-11(14)7-5-6-8-13(2,3)4/h10-11,14H,5-9H2,1-4H3,(H,15,16)/t10-,11-/m1/s1. The molecule has 0 amide bonds. The predicted octanol–water partition coefficient (Wildman–Crippen LogP) is 3.06. The van der Waals surface area contributed by atoms with Crippen molar-refractivity contribution in [2.45, 2.75) is 65.9 Å². The molecule has 16 heavy (non-hydrogen) atoms. The molecule has 0 unspecified atom stereocenters. The highest BCUT2D eigenvalue weighted by atomic mass is 16.4. The summed E-state index contributed by atoms with van der Waals surface area (Å²) >= 11 is 0. The van der Waals surface area contributed by atoms with E-state index >= 15 is 0 Å². The Kier molecular flexibility index (Phi) is 6.65. The number of unbranched alkanes of at least 4 members (excludes halogenated alkanes) is 1. The monoisotopic (exact) mass is 230 g/mol. The number of carboxylic acid groups (broad SMARTS) is 1. The van der Waals surface area contributed by atoms with Crippen LogP contribution in [0.2, 0.25) is 0 Å². The van der Waals surface area contributed by atoms with Crippen LogP contribution in [0.15, 0.2) is 0 Å². The molecule has 0 saturated heterocycles. The van der Waals surface area contributed by atoms with Gasteiger partial charge in [0.2, 0.25) is 0 Å². The van der Waals surface area contributed by atoms with E-state index in [1.807, 2.05) is 0 Å². The fraction of sp³-hybridized carbons (Fsp3) is 0.923. The first-order valence-corrected chi connectivity index (χ1v) is 6.13. The van der Waals surface area contributed by atoms with Crippen molar-refractivity contribution in [2.75, 3.05) is 0 Å². The van der Waals surface area contributed by atoms with Gasteiger partial charge in [0, 0.05) is 0 Å². The Morgan fingerprint density at radius 2 is 1.81 bits per heavy atom. The Morgan fingerprint density at radius 3 is 2.25 bits per heavy atom. The SMILES string of the molecule is C[C@H](C[C@H](O)CCCCC(C)(C)C)C(=O)O. The van der Waals surface area contributed by atoms with Crippen LogP contribution in [-0.4, -0.2) is 22.3 Å². The molecule has 0 aliphatic heterocycles. The Bertz CT molecular complexity index is 206. The van der Waals surface area contributed by atoms with Gasteiger partial charge in [0.25, 0.3) is 0 Å². The molecule has 0 aliphatic rings. The summed E-state index contributed by atoms with van der Waals surface area (Å²) in [4.78, 5) is 10.6. The van der Waals surface area contributed by atoms with Crippen molar-refractivity contribution in [3.05, 3.63) is 0 Å². The maximum atomic E-state index is 10.6. The van der Waals surface area contributed by atoms with Crippen molar-refractivity contribution in [1.82, 2.24) is 0 Å². The first-order valence-electron chi connectivity index (χ1n) is 6.13. The number of hydrogen-bond acceptors (Lipinski definition) is 2. The van der Waals surface area contributed by atoms with Crippen LogP contribution >= 0.6 is 0 Å². The van der Waals surface area contributed by atoms with Gasteiger partial charge in [0.05, 0.1) is 12.0 Å². The fourth-order valence-corrected chi connectivity index (χ4v) is 1.66. The molecule has 3 heteroatoms. The van der Waals surface area contributed by atoms with Crippen molar-refractivity contribution in [1.29, 1.82) is 0 Å². The van der Waals surface area contributed by atoms with E-state index in [4.69, 9.17) is 5.11 Å². The Labute approximate surface area is 98.9 Å². The first kappa shape index (κ1) is 15.4. The topological polar surface area (TPSA) is 57.5 Å². The van der Waals surface area contributed by atoms with Crippen LogP contribution in [0.1, 0.15) is 59.8 Å². The smallest absolute Gasteiger partial charge is 0.306 e. The van der Waals surface area contributed by atoms with Gasteiger partial charge in [-0.05, 0) is 24.7 Å². The largest absolute Gasteiger partial charge is 0.481 e. The lowest BCUT2D eigenvalue weighted by Crippen LogP contribution is -2.18. The normalized spacial score (nSPS) is 15.8. The van der Waals surface area contributed by atoms with Gasteiger partial charge in [-0.2, -0.15) is 0 Å². The summed E-state index contributed by atoms with van der Waals surface area (Å²) in [5.41, 5.74) is 0.347. The molecule has 0 radical (unpaired) electrons. The zero-order chi connectivity index (χ0) is 12.8. The van der Waals surface area contributed by atoms with Crippen LogP contribution in [0, 0.1) is 11.3 Å². The van der Waals surface area contributed by atoms with Crippen LogP contribution < -0.4 is 0 Å². The quantitative estimate of drug-likeness (QED) is 0.661. The molecular weight excluding hydrogens is 204 g/mol. The molecule has 0 rings (SSSR count). The van der Waals surface area contributed by atoms with Crippen LogP contribution in [0.5, 0.6) is 0 Å². The Morgan fingerprint density at radius 1 is 1.25 bits per heavy atom. The molecule has 0 aromatic carbocycles. The fourth-order valence-electron chi connectivity index (χ4n) is 1.66. The molecule has 0 heterocycles. The molecule has 0 aromatic rings. The second-order valence-corrected chi connectivity index (χ2v) is 5.94. The van der Waals surface area contributed by atoms with Crippen molar-refractivity contribution < 1.29 is 15.0 Å². The maximum absolute atomic E-state index is 10.6. The predicted molar refractivity (Wildman–Crippen MR) is 65.3 cm³/mol. The van der Waals surface area contributed by atoms with Crippen LogP contribution in [0.25, 0.3) is 0 Å². The number of aliphatic hydroxyl groups is 1. The number of rotatable bonds is 7. The average Bonchev–Trinajstić information content (AvgIpc) is 2.10. The van der Waals surface area contributed by atoms with E-state index in [9.17, 15) is 9.90 Å². The molecule has 0 spiro atoms. The zero-order valence-corrected chi connectivity index (χ0v) is 11.0. The van der Waals surface area contributed by atoms with E-state index in [0.717, 1.165) is 19.3 Å². The highest BCUT2D eigenvalue weighted by Gasteiger charge is 2.16. The summed E-state index contributed by atoms with van der Waals surface area (Å²) < 4.78 is 0. The number of hydrogen-bond donors (Lipinski definition) is 2. The molecule has 0 aromatic heterocycles. The minimum absolute atomic E-state index is 0.347. The molecule has 0 saturated carbocycles. The van der Waals surface area contributed by atoms with Gasteiger partial charge in [0.15, 0.2) is 0 Å².